The summed E-state index contributed by atoms with van der Waals surface area (Å²) in [7, 11) is 0. The number of imide groups is 2. The van der Waals surface area contributed by atoms with Gasteiger partial charge in [0.05, 0.1) is 29.2 Å². The topological polar surface area (TPSA) is 97.7 Å². The highest BCUT2D eigenvalue weighted by Crippen LogP contribution is 2.38. The smallest absolute Gasteiger partial charge is 0.338 e. The molecule has 1 fully saturated rings. The molecule has 0 spiro atoms. The minimum absolute atomic E-state index is 0.179. The Hall–Kier alpha value is -6.02. The third-order valence-corrected chi connectivity index (χ3v) is 7.48. The van der Waals surface area contributed by atoms with Crippen LogP contribution in [0.3, 0.4) is 0 Å². The van der Waals surface area contributed by atoms with Crippen molar-refractivity contribution in [1.82, 2.24) is 9.88 Å². The van der Waals surface area contributed by atoms with E-state index < -0.39 is 23.8 Å². The first-order chi connectivity index (χ1) is 21.9. The minimum atomic E-state index is -0.807. The highest BCUT2D eigenvalue weighted by Gasteiger charge is 2.37. The van der Waals surface area contributed by atoms with Gasteiger partial charge in [-0.05, 0) is 73.5 Å². The molecule has 1 N–H and O–H groups in total. The summed E-state index contributed by atoms with van der Waals surface area (Å²) in [4.78, 5) is 53.2. The van der Waals surface area contributed by atoms with E-state index in [9.17, 15) is 19.2 Å². The number of carbonyl (C=O) groups is 4. The molecule has 8 nitrogen and oxygen atoms in total. The molecule has 1 aromatic heterocycles. The molecule has 0 aliphatic carbocycles. The van der Waals surface area contributed by atoms with Crippen molar-refractivity contribution in [2.24, 2.45) is 0 Å². The van der Waals surface area contributed by atoms with Crippen molar-refractivity contribution in [1.29, 1.82) is 0 Å². The van der Waals surface area contributed by atoms with E-state index in [0.717, 1.165) is 33.0 Å². The molecule has 1 aliphatic rings. The van der Waals surface area contributed by atoms with Gasteiger partial charge in [0.1, 0.15) is 5.57 Å². The van der Waals surface area contributed by atoms with Gasteiger partial charge in [-0.1, -0.05) is 78.4 Å². The lowest BCUT2D eigenvalue weighted by Gasteiger charge is -2.26. The second kappa shape index (κ2) is 12.3. The average Bonchev–Trinajstić information content (AvgIpc) is 3.44. The number of amides is 4. The Morgan fingerprint density at radius 2 is 1.38 bits per heavy atom. The number of ether oxygens (including phenoxy) is 1. The lowest BCUT2D eigenvalue weighted by atomic mass is 10.0. The van der Waals surface area contributed by atoms with Crippen LogP contribution in [0.5, 0.6) is 0 Å². The summed E-state index contributed by atoms with van der Waals surface area (Å²) in [6, 6.07) is 34.4. The molecular formula is C37H29N3O5. The predicted molar refractivity (Wildman–Crippen MR) is 173 cm³/mol. The Labute approximate surface area is 260 Å². The number of aromatic nitrogens is 1. The number of hydrogen-bond donors (Lipinski definition) is 1. The molecule has 1 aliphatic heterocycles. The number of benzene rings is 4. The maximum absolute atomic E-state index is 13.8. The van der Waals surface area contributed by atoms with Gasteiger partial charge in [0.2, 0.25) is 0 Å². The molecule has 0 atom stereocenters. The molecule has 0 unspecified atom stereocenters. The van der Waals surface area contributed by atoms with Crippen LogP contribution < -0.4 is 10.2 Å². The molecule has 8 heteroatoms. The van der Waals surface area contributed by atoms with Crippen LogP contribution in [0.2, 0.25) is 0 Å². The van der Waals surface area contributed by atoms with Crippen molar-refractivity contribution in [2.45, 2.75) is 13.8 Å². The van der Waals surface area contributed by atoms with E-state index in [0.29, 0.717) is 22.5 Å². The number of urea groups is 1. The van der Waals surface area contributed by atoms with E-state index in [1.807, 2.05) is 90.4 Å². The fraction of sp³-hybridized carbons (Fsp3) is 0.0811. The molecule has 6 rings (SSSR count). The first-order valence-corrected chi connectivity index (χ1v) is 14.5. The third kappa shape index (κ3) is 5.69. The van der Waals surface area contributed by atoms with Crippen molar-refractivity contribution in [3.05, 3.63) is 138 Å². The molecule has 0 radical (unpaired) electrons. The van der Waals surface area contributed by atoms with Gasteiger partial charge in [0.15, 0.2) is 0 Å². The van der Waals surface area contributed by atoms with Gasteiger partial charge in [-0.15, -0.1) is 0 Å². The van der Waals surface area contributed by atoms with Crippen molar-refractivity contribution in [3.63, 3.8) is 0 Å². The van der Waals surface area contributed by atoms with Crippen molar-refractivity contribution < 1.29 is 23.9 Å². The monoisotopic (exact) mass is 595 g/mol. The molecule has 5 aromatic rings. The highest BCUT2D eigenvalue weighted by molar-refractivity contribution is 6.39. The maximum Gasteiger partial charge on any atom is 0.338 e. The highest BCUT2D eigenvalue weighted by atomic mass is 16.5. The van der Waals surface area contributed by atoms with Crippen LogP contribution >= 0.6 is 0 Å². The Kier molecular flexibility index (Phi) is 7.95. The summed E-state index contributed by atoms with van der Waals surface area (Å²) in [6.07, 6.45) is 1.53. The van der Waals surface area contributed by atoms with Crippen molar-refractivity contribution in [2.75, 3.05) is 11.5 Å². The Balaban J connectivity index is 1.57. The summed E-state index contributed by atoms with van der Waals surface area (Å²) in [5, 5.41) is 2.32. The number of rotatable bonds is 7. The fourth-order valence-electron chi connectivity index (χ4n) is 5.32. The van der Waals surface area contributed by atoms with Crippen molar-refractivity contribution in [3.8, 4) is 28.2 Å². The van der Waals surface area contributed by atoms with Crippen LogP contribution in [-0.2, 0) is 14.3 Å². The van der Waals surface area contributed by atoms with Gasteiger partial charge in [0.25, 0.3) is 11.8 Å². The van der Waals surface area contributed by atoms with E-state index in [2.05, 4.69) is 5.32 Å². The first kappa shape index (κ1) is 29.1. The largest absolute Gasteiger partial charge is 0.462 e. The number of barbiturate groups is 1. The van der Waals surface area contributed by atoms with E-state index in [4.69, 9.17) is 4.74 Å². The Bertz CT molecular complexity index is 1940. The predicted octanol–water partition coefficient (Wildman–Crippen LogP) is 6.96. The van der Waals surface area contributed by atoms with E-state index in [-0.39, 0.29) is 12.2 Å². The normalized spacial score (nSPS) is 14.0. The molecule has 0 saturated carbocycles. The molecular weight excluding hydrogens is 566 g/mol. The molecule has 222 valence electrons. The van der Waals surface area contributed by atoms with Crippen molar-refractivity contribution >= 4 is 35.6 Å². The zero-order valence-electron chi connectivity index (χ0n) is 24.7. The van der Waals surface area contributed by atoms with Crippen LogP contribution in [0.15, 0.2) is 121 Å². The number of nitrogens with zero attached hydrogens (tertiary/aromatic N) is 2. The maximum atomic E-state index is 13.8. The lowest BCUT2D eigenvalue weighted by molar-refractivity contribution is -0.122. The molecule has 45 heavy (non-hydrogen) atoms. The second-order valence-corrected chi connectivity index (χ2v) is 10.5. The SMILES string of the molecule is CCOC(=O)c1ccc(-n2c(-c3ccccc3)cc(/C=C3\C(=O)NC(=O)N(c4ccc(C)cc4)C3=O)c2-c2ccccc2)cc1. The zero-order chi connectivity index (χ0) is 31.5. The summed E-state index contributed by atoms with van der Waals surface area (Å²) in [5.74, 6) is -1.91. The van der Waals surface area contributed by atoms with Gasteiger partial charge >= 0.3 is 12.0 Å². The summed E-state index contributed by atoms with van der Waals surface area (Å²) >= 11 is 0. The van der Waals surface area contributed by atoms with Gasteiger partial charge in [0, 0.05) is 11.3 Å². The molecule has 4 amide bonds. The summed E-state index contributed by atoms with van der Waals surface area (Å²) in [5.41, 5.74) is 6.13. The number of aryl methyl sites for hydroxylation is 1. The zero-order valence-corrected chi connectivity index (χ0v) is 24.7. The quantitative estimate of drug-likeness (QED) is 0.125. The number of carbonyl (C=O) groups excluding carboxylic acids is 4. The van der Waals surface area contributed by atoms with Crippen LogP contribution in [0.25, 0.3) is 34.3 Å². The summed E-state index contributed by atoms with van der Waals surface area (Å²) < 4.78 is 7.20. The number of nitrogens with one attached hydrogen (secondary N) is 1. The first-order valence-electron chi connectivity index (χ1n) is 14.5. The number of anilines is 1. The second-order valence-electron chi connectivity index (χ2n) is 10.5. The van der Waals surface area contributed by atoms with Crippen LogP contribution in [0.4, 0.5) is 10.5 Å². The average molecular weight is 596 g/mol. The fourth-order valence-corrected chi connectivity index (χ4v) is 5.32. The third-order valence-electron chi connectivity index (χ3n) is 7.48. The molecule has 0 bridgehead atoms. The Morgan fingerprint density at radius 3 is 2.00 bits per heavy atom. The van der Waals surface area contributed by atoms with Gasteiger partial charge in [-0.25, -0.2) is 14.5 Å². The van der Waals surface area contributed by atoms with E-state index >= 15 is 0 Å². The van der Waals surface area contributed by atoms with Crippen LogP contribution in [0, 0.1) is 6.92 Å². The van der Waals surface area contributed by atoms with Gasteiger partial charge < -0.3 is 9.30 Å². The van der Waals surface area contributed by atoms with Crippen LogP contribution in [-0.4, -0.2) is 35.0 Å². The molecule has 2 heterocycles. The van der Waals surface area contributed by atoms with Crippen LogP contribution in [0.1, 0.15) is 28.4 Å². The minimum Gasteiger partial charge on any atom is -0.462 e. The van der Waals surface area contributed by atoms with E-state index in [1.165, 1.54) is 6.08 Å². The number of hydrogen-bond acceptors (Lipinski definition) is 5. The van der Waals surface area contributed by atoms with Gasteiger partial charge in [-0.2, -0.15) is 0 Å². The standard InChI is InChI=1S/C37H29N3O5/c1-3-45-36(43)27-16-20-29(21-17-27)39-32(25-10-6-4-7-11-25)23-28(33(39)26-12-8-5-9-13-26)22-31-34(41)38-37(44)40(35(31)42)30-18-14-24(2)15-19-30/h4-23H,3H2,1-2H3,(H,38,41,44)/b31-22+. The van der Waals surface area contributed by atoms with Gasteiger partial charge in [-0.3, -0.25) is 14.9 Å². The Morgan fingerprint density at radius 1 is 0.778 bits per heavy atom. The molecule has 4 aromatic carbocycles. The molecule has 1 saturated heterocycles. The lowest BCUT2D eigenvalue weighted by Crippen LogP contribution is -2.54. The summed E-state index contributed by atoms with van der Waals surface area (Å²) in [6.45, 7) is 3.93. The number of esters is 1. The van der Waals surface area contributed by atoms with E-state index in [1.54, 1.807) is 43.3 Å².